The minimum atomic E-state index is -4.51. The van der Waals surface area contributed by atoms with Crippen LogP contribution in [-0.2, 0) is 14.8 Å². The van der Waals surface area contributed by atoms with Crippen LogP contribution in [0.5, 0.6) is 0 Å². The van der Waals surface area contributed by atoms with Crippen LogP contribution in [0.25, 0.3) is 0 Å². The molecule has 0 aromatic heterocycles. The molecule has 0 aromatic carbocycles. The molecule has 0 saturated heterocycles. The first-order chi connectivity index (χ1) is 10.0. The summed E-state index contributed by atoms with van der Waals surface area (Å²) in [6.45, 7) is 0. The fourth-order valence-electron chi connectivity index (χ4n) is 1.61. The van der Waals surface area contributed by atoms with Crippen LogP contribution in [-0.4, -0.2) is 26.5 Å². The summed E-state index contributed by atoms with van der Waals surface area (Å²) in [7, 11) is -4.15. The number of hydrogen-bond acceptors (Lipinski definition) is 3. The molecule has 1 rings (SSSR count). The van der Waals surface area contributed by atoms with E-state index in [4.69, 9.17) is 17.3 Å². The van der Waals surface area contributed by atoms with Crippen molar-refractivity contribution < 1.29 is 26.4 Å². The molecule has 5 nitrogen and oxygen atoms in total. The number of alkyl halides is 3. The van der Waals surface area contributed by atoms with Crippen LogP contribution in [0.1, 0.15) is 19.3 Å². The van der Waals surface area contributed by atoms with E-state index in [-0.39, 0.29) is 11.3 Å². The minimum Gasteiger partial charge on any atom is -0.368 e. The number of allylic oxidation sites excluding steroid dienone is 6. The van der Waals surface area contributed by atoms with Crippen molar-refractivity contribution in [2.75, 3.05) is 0 Å². The average Bonchev–Trinajstić information content (AvgIpc) is 2.58. The molecule has 0 radical (unpaired) electrons. The Hall–Kier alpha value is -1.32. The number of nitrogens with one attached hydrogen (secondary N) is 1. The summed E-state index contributed by atoms with van der Waals surface area (Å²) in [6, 6.07) is -1.64. The van der Waals surface area contributed by atoms with Crippen molar-refractivity contribution in [2.45, 2.75) is 31.5 Å². The maximum Gasteiger partial charge on any atom is 0.389 e. The summed E-state index contributed by atoms with van der Waals surface area (Å²) in [4.78, 5) is 11.0. The molecular formula is C12H14ClF3N2O3S. The van der Waals surface area contributed by atoms with Crippen LogP contribution in [0, 0.1) is 0 Å². The van der Waals surface area contributed by atoms with Gasteiger partial charge in [-0.25, -0.2) is 8.42 Å². The van der Waals surface area contributed by atoms with E-state index in [9.17, 15) is 26.4 Å². The van der Waals surface area contributed by atoms with Crippen molar-refractivity contribution in [3.8, 4) is 0 Å². The average molecular weight is 359 g/mol. The van der Waals surface area contributed by atoms with E-state index in [1.165, 1.54) is 24.3 Å². The van der Waals surface area contributed by atoms with Gasteiger partial charge in [0.2, 0.25) is 15.9 Å². The van der Waals surface area contributed by atoms with E-state index < -0.39 is 41.0 Å². The van der Waals surface area contributed by atoms with Gasteiger partial charge in [-0.1, -0.05) is 17.7 Å². The minimum absolute atomic E-state index is 0.00714. The van der Waals surface area contributed by atoms with Gasteiger partial charge in [0, 0.05) is 17.9 Å². The number of halogens is 4. The summed E-state index contributed by atoms with van der Waals surface area (Å²) in [5.74, 6) is -1.17. The SMILES string of the molecule is NC(=O)C(CCC(F)(F)F)NS(=O)(=O)C1=CC=C(Cl)C=CC1. The van der Waals surface area contributed by atoms with E-state index >= 15 is 0 Å². The molecule has 1 aliphatic rings. The first-order valence-electron chi connectivity index (χ1n) is 6.12. The first kappa shape index (κ1) is 18.7. The normalized spacial score (nSPS) is 17.5. The molecule has 1 amide bonds. The van der Waals surface area contributed by atoms with Gasteiger partial charge in [-0.2, -0.15) is 17.9 Å². The Kier molecular flexibility index (Phi) is 6.21. The maximum absolute atomic E-state index is 12.2. The zero-order chi connectivity index (χ0) is 17.0. The Morgan fingerprint density at radius 1 is 1.41 bits per heavy atom. The van der Waals surface area contributed by atoms with Gasteiger partial charge in [-0.05, 0) is 24.6 Å². The van der Waals surface area contributed by atoms with Crippen LogP contribution in [0.4, 0.5) is 13.2 Å². The standard InChI is InChI=1S/C12H14ClF3N2O3S/c13-8-2-1-3-9(5-4-8)22(20,21)18-10(11(17)19)6-7-12(14,15)16/h1-2,4-5,10,18H,3,6-7H2,(H2,17,19). The number of sulfonamides is 1. The Morgan fingerprint density at radius 3 is 2.59 bits per heavy atom. The molecule has 124 valence electrons. The van der Waals surface area contributed by atoms with Gasteiger partial charge in [-0.15, -0.1) is 0 Å². The van der Waals surface area contributed by atoms with Gasteiger partial charge in [0.1, 0.15) is 6.04 Å². The van der Waals surface area contributed by atoms with Gasteiger partial charge in [0.05, 0.1) is 4.91 Å². The molecule has 0 bridgehead atoms. The molecule has 0 aromatic rings. The summed E-state index contributed by atoms with van der Waals surface area (Å²) in [6.07, 6.45) is -1.11. The number of hydrogen-bond donors (Lipinski definition) is 2. The third-order valence-electron chi connectivity index (χ3n) is 2.73. The number of carbonyl (C=O) groups is 1. The molecule has 1 atom stereocenters. The monoisotopic (exact) mass is 358 g/mol. The van der Waals surface area contributed by atoms with Gasteiger partial charge < -0.3 is 5.73 Å². The van der Waals surface area contributed by atoms with E-state index in [0.717, 1.165) is 0 Å². The predicted octanol–water partition coefficient (Wildman–Crippen LogP) is 2.07. The number of amides is 1. The fraction of sp³-hybridized carbons (Fsp3) is 0.417. The molecule has 1 aliphatic carbocycles. The lowest BCUT2D eigenvalue weighted by Crippen LogP contribution is -2.45. The van der Waals surface area contributed by atoms with E-state index in [2.05, 4.69) is 0 Å². The molecule has 0 aliphatic heterocycles. The second-order valence-electron chi connectivity index (χ2n) is 4.52. The number of rotatable bonds is 6. The summed E-state index contributed by atoms with van der Waals surface area (Å²) < 4.78 is 62.7. The van der Waals surface area contributed by atoms with Crippen LogP contribution in [0.3, 0.4) is 0 Å². The highest BCUT2D eigenvalue weighted by molar-refractivity contribution is 7.93. The van der Waals surface area contributed by atoms with Crippen molar-refractivity contribution >= 4 is 27.5 Å². The van der Waals surface area contributed by atoms with Gasteiger partial charge in [0.15, 0.2) is 0 Å². The summed E-state index contributed by atoms with van der Waals surface area (Å²) in [5, 5.41) is 0.300. The van der Waals surface area contributed by atoms with Gasteiger partial charge in [-0.3, -0.25) is 4.79 Å². The Morgan fingerprint density at radius 2 is 2.05 bits per heavy atom. The molecule has 10 heteroatoms. The van der Waals surface area contributed by atoms with E-state index in [0.29, 0.717) is 5.03 Å². The number of nitrogens with two attached hydrogens (primary N) is 1. The lowest BCUT2D eigenvalue weighted by atomic mass is 10.1. The molecule has 3 N–H and O–H groups in total. The van der Waals surface area contributed by atoms with Crippen LogP contribution in [0.2, 0.25) is 0 Å². The second kappa shape index (κ2) is 7.30. The lowest BCUT2D eigenvalue weighted by molar-refractivity contribution is -0.138. The van der Waals surface area contributed by atoms with Crippen LogP contribution < -0.4 is 10.5 Å². The quantitative estimate of drug-likeness (QED) is 0.761. The summed E-state index contributed by atoms with van der Waals surface area (Å²) in [5.41, 5.74) is 4.96. The Balaban J connectivity index is 2.88. The number of primary amides is 1. The number of carbonyl (C=O) groups excluding carboxylic acids is 1. The van der Waals surface area contributed by atoms with Crippen molar-refractivity contribution in [3.63, 3.8) is 0 Å². The Bertz CT molecular complexity index is 624. The largest absolute Gasteiger partial charge is 0.389 e. The zero-order valence-corrected chi connectivity index (χ0v) is 12.8. The van der Waals surface area contributed by atoms with E-state index in [1.54, 1.807) is 0 Å². The highest BCUT2D eigenvalue weighted by Gasteiger charge is 2.32. The van der Waals surface area contributed by atoms with Gasteiger partial charge in [0.25, 0.3) is 0 Å². The van der Waals surface area contributed by atoms with Crippen molar-refractivity contribution in [3.05, 3.63) is 34.2 Å². The third kappa shape index (κ3) is 6.20. The zero-order valence-electron chi connectivity index (χ0n) is 11.2. The first-order valence-corrected chi connectivity index (χ1v) is 7.99. The molecule has 0 heterocycles. The van der Waals surface area contributed by atoms with Crippen molar-refractivity contribution in [2.24, 2.45) is 5.73 Å². The highest BCUT2D eigenvalue weighted by Crippen LogP contribution is 2.23. The highest BCUT2D eigenvalue weighted by atomic mass is 35.5. The van der Waals surface area contributed by atoms with Gasteiger partial charge >= 0.3 is 6.18 Å². The van der Waals surface area contributed by atoms with Crippen molar-refractivity contribution in [1.29, 1.82) is 0 Å². The summed E-state index contributed by atoms with van der Waals surface area (Å²) >= 11 is 5.71. The molecule has 0 fully saturated rings. The fourth-order valence-corrected chi connectivity index (χ4v) is 3.09. The topological polar surface area (TPSA) is 89.3 Å². The maximum atomic E-state index is 12.2. The smallest absolute Gasteiger partial charge is 0.368 e. The predicted molar refractivity (Wildman–Crippen MR) is 76.1 cm³/mol. The molecule has 0 spiro atoms. The van der Waals surface area contributed by atoms with E-state index in [1.807, 2.05) is 4.72 Å². The molecule has 0 saturated carbocycles. The molecule has 1 unspecified atom stereocenters. The third-order valence-corrected chi connectivity index (χ3v) is 4.57. The van der Waals surface area contributed by atoms with Crippen molar-refractivity contribution in [1.82, 2.24) is 4.72 Å². The molecular weight excluding hydrogens is 345 g/mol. The van der Waals surface area contributed by atoms with Crippen LogP contribution in [0.15, 0.2) is 34.2 Å². The lowest BCUT2D eigenvalue weighted by Gasteiger charge is -2.17. The molecule has 22 heavy (non-hydrogen) atoms. The Labute approximate surface area is 130 Å². The van der Waals surface area contributed by atoms with Crippen LogP contribution >= 0.6 is 11.6 Å². The second-order valence-corrected chi connectivity index (χ2v) is 6.72.